The second-order valence-electron chi connectivity index (χ2n) is 6.50. The Labute approximate surface area is 136 Å². The van der Waals surface area contributed by atoms with Crippen LogP contribution in [0.1, 0.15) is 49.4 Å². The Morgan fingerprint density at radius 3 is 2.39 bits per heavy atom. The number of rotatable bonds is 4. The molecule has 0 amide bonds. The summed E-state index contributed by atoms with van der Waals surface area (Å²) in [5.41, 5.74) is 2.24. The van der Waals surface area contributed by atoms with Gasteiger partial charge in [-0.15, -0.1) is 5.10 Å². The first-order chi connectivity index (χ1) is 10.7. The van der Waals surface area contributed by atoms with Crippen molar-refractivity contribution in [3.05, 3.63) is 47.3 Å². The molecule has 0 N–H and O–H groups in total. The van der Waals surface area contributed by atoms with Gasteiger partial charge in [0.1, 0.15) is 0 Å². The number of hydrogen-bond donors (Lipinski definition) is 0. The van der Waals surface area contributed by atoms with Crippen molar-refractivity contribution in [1.82, 2.24) is 15.0 Å². The van der Waals surface area contributed by atoms with Crippen molar-refractivity contribution in [3.63, 3.8) is 0 Å². The summed E-state index contributed by atoms with van der Waals surface area (Å²) in [4.78, 5) is 23.6. The smallest absolute Gasteiger partial charge is 0.181 e. The zero-order valence-electron chi connectivity index (χ0n) is 14.1. The molecule has 0 unspecified atom stereocenters. The molecule has 0 spiro atoms. The van der Waals surface area contributed by atoms with E-state index in [4.69, 9.17) is 0 Å². The van der Waals surface area contributed by atoms with Gasteiger partial charge in [0, 0.05) is 17.9 Å². The molecular weight excluding hydrogens is 290 g/mol. The van der Waals surface area contributed by atoms with E-state index in [2.05, 4.69) is 10.3 Å². The fourth-order valence-corrected chi connectivity index (χ4v) is 2.12. The van der Waals surface area contributed by atoms with Gasteiger partial charge in [0.25, 0.3) is 0 Å². The van der Waals surface area contributed by atoms with Crippen LogP contribution < -0.4 is 0 Å². The maximum absolute atomic E-state index is 12.1. The predicted molar refractivity (Wildman–Crippen MR) is 89.6 cm³/mol. The van der Waals surface area contributed by atoms with E-state index in [1.165, 1.54) is 6.92 Å². The summed E-state index contributed by atoms with van der Waals surface area (Å²) >= 11 is 0. The fraction of sp³-hybridized carbons (Fsp3) is 0.333. The van der Waals surface area contributed by atoms with Crippen LogP contribution >= 0.6 is 0 Å². The average Bonchev–Trinajstić information content (AvgIpc) is 2.85. The van der Waals surface area contributed by atoms with E-state index in [1.54, 1.807) is 23.8 Å². The largest absolute Gasteiger partial charge is 0.294 e. The molecule has 2 rings (SSSR count). The minimum Gasteiger partial charge on any atom is -0.294 e. The summed E-state index contributed by atoms with van der Waals surface area (Å²) in [5, 5.41) is 8.01. The third-order valence-corrected chi connectivity index (χ3v) is 3.55. The SMILES string of the molecule is CC(=O)c1nnn(-c2ccccc2/C=C/C(=O)C(C)(C)C)c1C. The summed E-state index contributed by atoms with van der Waals surface area (Å²) in [6, 6.07) is 7.55. The van der Waals surface area contributed by atoms with Crippen LogP contribution in [0.25, 0.3) is 11.8 Å². The molecule has 0 saturated heterocycles. The molecule has 0 bridgehead atoms. The molecule has 0 atom stereocenters. The molecular formula is C18H21N3O2. The van der Waals surface area contributed by atoms with Crippen LogP contribution in [0.2, 0.25) is 0 Å². The number of Topliss-reactive ketones (excluding diaryl/α,β-unsaturated/α-hetero) is 1. The zero-order valence-corrected chi connectivity index (χ0v) is 14.1. The highest BCUT2D eigenvalue weighted by Crippen LogP contribution is 2.20. The maximum Gasteiger partial charge on any atom is 0.181 e. The Balaban J connectivity index is 2.45. The van der Waals surface area contributed by atoms with Crippen molar-refractivity contribution in [1.29, 1.82) is 0 Å². The second kappa shape index (κ2) is 6.28. The highest BCUT2D eigenvalue weighted by atomic mass is 16.1. The van der Waals surface area contributed by atoms with E-state index in [0.29, 0.717) is 11.4 Å². The minimum absolute atomic E-state index is 0.0482. The average molecular weight is 311 g/mol. The fourth-order valence-electron chi connectivity index (χ4n) is 2.12. The van der Waals surface area contributed by atoms with Crippen molar-refractivity contribution < 1.29 is 9.59 Å². The number of benzene rings is 1. The number of nitrogens with zero attached hydrogens (tertiary/aromatic N) is 3. The van der Waals surface area contributed by atoms with E-state index >= 15 is 0 Å². The Bertz CT molecular complexity index is 780. The molecule has 0 saturated carbocycles. The zero-order chi connectivity index (χ0) is 17.2. The van der Waals surface area contributed by atoms with Crippen molar-refractivity contribution in [2.24, 2.45) is 5.41 Å². The van der Waals surface area contributed by atoms with E-state index in [-0.39, 0.29) is 11.6 Å². The Kier molecular flexibility index (Phi) is 4.59. The van der Waals surface area contributed by atoms with Gasteiger partial charge in [0.15, 0.2) is 17.3 Å². The monoisotopic (exact) mass is 311 g/mol. The Hall–Kier alpha value is -2.56. The van der Waals surface area contributed by atoms with Gasteiger partial charge in [-0.2, -0.15) is 0 Å². The first-order valence-electron chi connectivity index (χ1n) is 7.47. The maximum atomic E-state index is 12.1. The molecule has 5 nitrogen and oxygen atoms in total. The molecule has 1 aromatic carbocycles. The molecule has 2 aromatic rings. The van der Waals surface area contributed by atoms with Crippen molar-refractivity contribution >= 4 is 17.6 Å². The highest BCUT2D eigenvalue weighted by molar-refractivity contribution is 5.97. The predicted octanol–water partition coefficient (Wildman–Crippen LogP) is 3.41. The van der Waals surface area contributed by atoms with Crippen LogP contribution in [0.15, 0.2) is 30.3 Å². The lowest BCUT2D eigenvalue weighted by Crippen LogP contribution is -2.17. The third kappa shape index (κ3) is 3.62. The molecule has 23 heavy (non-hydrogen) atoms. The molecule has 5 heteroatoms. The molecule has 0 aliphatic rings. The van der Waals surface area contributed by atoms with Crippen molar-refractivity contribution in [2.75, 3.05) is 0 Å². The molecule has 0 fully saturated rings. The van der Waals surface area contributed by atoms with Gasteiger partial charge in [-0.25, -0.2) is 4.68 Å². The number of carbonyl (C=O) groups excluding carboxylic acids is 2. The molecule has 120 valence electrons. The first kappa shape index (κ1) is 16.8. The van der Waals surface area contributed by atoms with Gasteiger partial charge in [0.05, 0.1) is 11.4 Å². The second-order valence-corrected chi connectivity index (χ2v) is 6.50. The van der Waals surface area contributed by atoms with Crippen LogP contribution in [0.4, 0.5) is 0 Å². The summed E-state index contributed by atoms with van der Waals surface area (Å²) in [6.45, 7) is 8.91. The molecule has 0 aliphatic carbocycles. The van der Waals surface area contributed by atoms with Crippen LogP contribution in [-0.2, 0) is 4.79 Å². The lowest BCUT2D eigenvalue weighted by atomic mass is 9.90. The van der Waals surface area contributed by atoms with Gasteiger partial charge in [-0.05, 0) is 25.1 Å². The van der Waals surface area contributed by atoms with Gasteiger partial charge < -0.3 is 0 Å². The molecule has 1 heterocycles. The van der Waals surface area contributed by atoms with Crippen LogP contribution in [0.5, 0.6) is 0 Å². The first-order valence-corrected chi connectivity index (χ1v) is 7.47. The number of aromatic nitrogens is 3. The van der Waals surface area contributed by atoms with Gasteiger partial charge in [-0.3, -0.25) is 9.59 Å². The summed E-state index contributed by atoms with van der Waals surface area (Å²) < 4.78 is 1.62. The highest BCUT2D eigenvalue weighted by Gasteiger charge is 2.19. The lowest BCUT2D eigenvalue weighted by Gasteiger charge is -2.13. The van der Waals surface area contributed by atoms with E-state index in [9.17, 15) is 9.59 Å². The molecule has 0 aliphatic heterocycles. The standard InChI is InChI=1S/C18H21N3O2/c1-12-17(13(2)22)19-20-21(12)15-9-7-6-8-14(15)10-11-16(23)18(3,4)5/h6-11H,1-5H3/b11-10+. The normalized spacial score (nSPS) is 11.9. The topological polar surface area (TPSA) is 64.8 Å². The van der Waals surface area contributed by atoms with Crippen LogP contribution in [0, 0.1) is 12.3 Å². The summed E-state index contributed by atoms with van der Waals surface area (Å²) in [6.07, 6.45) is 3.36. The molecule has 1 aromatic heterocycles. The van der Waals surface area contributed by atoms with E-state index < -0.39 is 5.41 Å². The number of carbonyl (C=O) groups is 2. The summed E-state index contributed by atoms with van der Waals surface area (Å²) in [5.74, 6) is -0.0725. The minimum atomic E-state index is -0.420. The number of allylic oxidation sites excluding steroid dienone is 1. The van der Waals surface area contributed by atoms with E-state index in [0.717, 1.165) is 11.3 Å². The quantitative estimate of drug-likeness (QED) is 0.641. The third-order valence-electron chi connectivity index (χ3n) is 3.55. The van der Waals surface area contributed by atoms with Crippen molar-refractivity contribution in [3.8, 4) is 5.69 Å². The van der Waals surface area contributed by atoms with Crippen LogP contribution in [0.3, 0.4) is 0 Å². The molecule has 0 radical (unpaired) electrons. The van der Waals surface area contributed by atoms with Gasteiger partial charge in [-0.1, -0.05) is 44.2 Å². The lowest BCUT2D eigenvalue weighted by molar-refractivity contribution is -0.121. The number of para-hydroxylation sites is 1. The van der Waals surface area contributed by atoms with Crippen molar-refractivity contribution in [2.45, 2.75) is 34.6 Å². The van der Waals surface area contributed by atoms with Crippen LogP contribution in [-0.4, -0.2) is 26.6 Å². The van der Waals surface area contributed by atoms with E-state index in [1.807, 2.05) is 45.0 Å². The number of ketones is 2. The Morgan fingerprint density at radius 2 is 1.83 bits per heavy atom. The van der Waals surface area contributed by atoms with Gasteiger partial charge >= 0.3 is 0 Å². The number of hydrogen-bond acceptors (Lipinski definition) is 4. The Morgan fingerprint density at radius 1 is 1.17 bits per heavy atom. The van der Waals surface area contributed by atoms with Gasteiger partial charge in [0.2, 0.25) is 0 Å². The summed E-state index contributed by atoms with van der Waals surface area (Å²) in [7, 11) is 0.